The summed E-state index contributed by atoms with van der Waals surface area (Å²) in [7, 11) is 0. The van der Waals surface area contributed by atoms with Gasteiger partial charge >= 0.3 is 0 Å². The normalized spacial score (nSPS) is 10.5. The number of carbonyl (C=O) groups excluding carboxylic acids is 1. The summed E-state index contributed by atoms with van der Waals surface area (Å²) in [5, 5.41) is 20.5. The molecule has 0 spiro atoms. The predicted octanol–water partition coefficient (Wildman–Crippen LogP) is 2.80. The summed E-state index contributed by atoms with van der Waals surface area (Å²) < 4.78 is 1.66. The Morgan fingerprint density at radius 3 is 2.76 bits per heavy atom. The maximum absolute atomic E-state index is 12.4. The second kappa shape index (κ2) is 6.70. The Hall–Kier alpha value is -3.26. The number of rotatable bonds is 4. The SMILES string of the molecule is C=C(O)c1nc(C)c(Cl)cc1NC(=O)c1ccc(-n2ccnc2)nn1. The van der Waals surface area contributed by atoms with Gasteiger partial charge < -0.3 is 10.4 Å². The van der Waals surface area contributed by atoms with E-state index in [2.05, 4.69) is 32.1 Å². The summed E-state index contributed by atoms with van der Waals surface area (Å²) in [6, 6.07) is 4.65. The minimum Gasteiger partial charge on any atom is -0.506 e. The summed E-state index contributed by atoms with van der Waals surface area (Å²) in [5.74, 6) is -0.274. The standard InChI is InChI=1S/C16H13ClN6O2/c1-9-11(17)7-13(15(19-9)10(2)24)20-16(25)12-3-4-14(22-21-12)23-6-5-18-8-23/h3-8,24H,2H2,1H3,(H,20,25). The first-order valence-corrected chi connectivity index (χ1v) is 7.52. The van der Waals surface area contributed by atoms with E-state index in [-0.39, 0.29) is 22.8 Å². The van der Waals surface area contributed by atoms with Gasteiger partial charge in [-0.25, -0.2) is 9.97 Å². The molecule has 8 nitrogen and oxygen atoms in total. The highest BCUT2D eigenvalue weighted by atomic mass is 35.5. The van der Waals surface area contributed by atoms with E-state index in [1.165, 1.54) is 12.1 Å². The molecule has 0 aliphatic carbocycles. The molecule has 0 aliphatic heterocycles. The van der Waals surface area contributed by atoms with Gasteiger partial charge in [0.15, 0.2) is 11.5 Å². The third-order valence-electron chi connectivity index (χ3n) is 3.32. The molecule has 25 heavy (non-hydrogen) atoms. The molecule has 3 aromatic heterocycles. The molecule has 0 aromatic carbocycles. The maximum atomic E-state index is 12.4. The average molecular weight is 357 g/mol. The Kier molecular flexibility index (Phi) is 4.44. The molecule has 0 bridgehead atoms. The monoisotopic (exact) mass is 356 g/mol. The van der Waals surface area contributed by atoms with Gasteiger partial charge in [-0.1, -0.05) is 18.2 Å². The van der Waals surface area contributed by atoms with Crippen LogP contribution in [0.1, 0.15) is 21.9 Å². The molecule has 0 atom stereocenters. The first-order valence-electron chi connectivity index (χ1n) is 7.14. The lowest BCUT2D eigenvalue weighted by Crippen LogP contribution is -2.16. The van der Waals surface area contributed by atoms with Crippen molar-refractivity contribution in [3.63, 3.8) is 0 Å². The van der Waals surface area contributed by atoms with Crippen LogP contribution in [0.25, 0.3) is 11.6 Å². The van der Waals surface area contributed by atoms with Gasteiger partial charge in [0.2, 0.25) is 0 Å². The summed E-state index contributed by atoms with van der Waals surface area (Å²) in [5.41, 5.74) is 0.969. The third-order valence-corrected chi connectivity index (χ3v) is 3.71. The number of aliphatic hydroxyl groups is 1. The Morgan fingerprint density at radius 1 is 1.36 bits per heavy atom. The number of hydrogen-bond donors (Lipinski definition) is 2. The molecule has 0 saturated heterocycles. The van der Waals surface area contributed by atoms with E-state index in [1.54, 1.807) is 36.3 Å². The fourth-order valence-electron chi connectivity index (χ4n) is 2.06. The van der Waals surface area contributed by atoms with Crippen molar-refractivity contribution in [2.45, 2.75) is 6.92 Å². The second-order valence-electron chi connectivity index (χ2n) is 5.10. The van der Waals surface area contributed by atoms with Gasteiger partial charge in [0.1, 0.15) is 17.8 Å². The summed E-state index contributed by atoms with van der Waals surface area (Å²) in [6.45, 7) is 5.12. The topological polar surface area (TPSA) is 106 Å². The van der Waals surface area contributed by atoms with E-state index < -0.39 is 5.91 Å². The fourth-order valence-corrected chi connectivity index (χ4v) is 2.21. The number of pyridine rings is 1. The zero-order chi connectivity index (χ0) is 18.0. The molecule has 0 fully saturated rings. The van der Waals surface area contributed by atoms with E-state index >= 15 is 0 Å². The van der Waals surface area contributed by atoms with Crippen LogP contribution in [-0.4, -0.2) is 35.7 Å². The van der Waals surface area contributed by atoms with Crippen LogP contribution >= 0.6 is 11.6 Å². The van der Waals surface area contributed by atoms with Crippen molar-refractivity contribution in [1.82, 2.24) is 24.7 Å². The molecule has 0 aliphatic rings. The van der Waals surface area contributed by atoms with Crippen LogP contribution in [0.4, 0.5) is 5.69 Å². The molecule has 1 amide bonds. The number of amides is 1. The number of imidazole rings is 1. The molecule has 3 aromatic rings. The van der Waals surface area contributed by atoms with Gasteiger partial charge in [-0.2, -0.15) is 0 Å². The number of hydrogen-bond acceptors (Lipinski definition) is 6. The van der Waals surface area contributed by atoms with Gasteiger partial charge in [-0.05, 0) is 25.1 Å². The van der Waals surface area contributed by atoms with E-state index in [0.29, 0.717) is 16.5 Å². The van der Waals surface area contributed by atoms with Crippen molar-refractivity contribution in [2.75, 3.05) is 5.32 Å². The summed E-state index contributed by atoms with van der Waals surface area (Å²) in [4.78, 5) is 20.4. The Balaban J connectivity index is 1.85. The molecule has 126 valence electrons. The zero-order valence-corrected chi connectivity index (χ0v) is 13.9. The number of halogens is 1. The fraction of sp³-hybridized carbons (Fsp3) is 0.0625. The van der Waals surface area contributed by atoms with Crippen LogP contribution in [0.3, 0.4) is 0 Å². The van der Waals surface area contributed by atoms with Gasteiger partial charge in [0.05, 0.1) is 16.4 Å². The van der Waals surface area contributed by atoms with E-state index in [0.717, 1.165) is 0 Å². The van der Waals surface area contributed by atoms with Crippen LogP contribution in [0.2, 0.25) is 5.02 Å². The highest BCUT2D eigenvalue weighted by molar-refractivity contribution is 6.31. The van der Waals surface area contributed by atoms with Crippen LogP contribution in [-0.2, 0) is 0 Å². The third kappa shape index (κ3) is 3.48. The number of nitrogens with one attached hydrogen (secondary N) is 1. The summed E-state index contributed by atoms with van der Waals surface area (Å²) in [6.07, 6.45) is 4.89. The van der Waals surface area contributed by atoms with E-state index in [9.17, 15) is 9.90 Å². The molecule has 3 rings (SSSR count). The molecule has 9 heteroatoms. The smallest absolute Gasteiger partial charge is 0.276 e. The van der Waals surface area contributed by atoms with Crippen molar-refractivity contribution < 1.29 is 9.90 Å². The van der Waals surface area contributed by atoms with Gasteiger partial charge in [-0.3, -0.25) is 9.36 Å². The molecule has 0 saturated carbocycles. The average Bonchev–Trinajstić information content (AvgIpc) is 3.12. The molecule has 0 unspecified atom stereocenters. The first-order chi connectivity index (χ1) is 12.0. The highest BCUT2D eigenvalue weighted by Crippen LogP contribution is 2.25. The molecule has 3 heterocycles. The lowest BCUT2D eigenvalue weighted by Gasteiger charge is -2.11. The van der Waals surface area contributed by atoms with Crippen LogP contribution in [0.5, 0.6) is 0 Å². The number of aromatic nitrogens is 5. The van der Waals surface area contributed by atoms with Crippen molar-refractivity contribution in [3.8, 4) is 5.82 Å². The quantitative estimate of drug-likeness (QED) is 0.696. The van der Waals surface area contributed by atoms with Crippen molar-refractivity contribution >= 4 is 29.0 Å². The maximum Gasteiger partial charge on any atom is 0.276 e. The lowest BCUT2D eigenvalue weighted by molar-refractivity contribution is 0.102. The predicted molar refractivity (Wildman–Crippen MR) is 92.8 cm³/mol. The molecular weight excluding hydrogens is 344 g/mol. The number of aryl methyl sites for hydroxylation is 1. The van der Waals surface area contributed by atoms with Crippen molar-refractivity contribution in [3.05, 3.63) is 65.6 Å². The van der Waals surface area contributed by atoms with E-state index in [1.807, 2.05) is 0 Å². The van der Waals surface area contributed by atoms with Crippen molar-refractivity contribution in [2.24, 2.45) is 0 Å². The Morgan fingerprint density at radius 2 is 2.16 bits per heavy atom. The van der Waals surface area contributed by atoms with Gasteiger partial charge in [-0.15, -0.1) is 10.2 Å². The van der Waals surface area contributed by atoms with Gasteiger partial charge in [0.25, 0.3) is 5.91 Å². The van der Waals surface area contributed by atoms with E-state index in [4.69, 9.17) is 11.6 Å². The molecule has 2 N–H and O–H groups in total. The molecule has 0 radical (unpaired) electrons. The van der Waals surface area contributed by atoms with Gasteiger partial charge in [0, 0.05) is 12.4 Å². The Labute approximate surface area is 147 Å². The lowest BCUT2D eigenvalue weighted by atomic mass is 10.2. The number of carbonyl (C=O) groups is 1. The van der Waals surface area contributed by atoms with Crippen LogP contribution in [0.15, 0.2) is 43.5 Å². The van der Waals surface area contributed by atoms with Crippen LogP contribution in [0, 0.1) is 6.92 Å². The minimum absolute atomic E-state index is 0.0927. The largest absolute Gasteiger partial charge is 0.506 e. The first kappa shape index (κ1) is 16.6. The second-order valence-corrected chi connectivity index (χ2v) is 5.51. The number of aliphatic hydroxyl groups excluding tert-OH is 1. The number of anilines is 1. The van der Waals surface area contributed by atoms with Crippen molar-refractivity contribution in [1.29, 1.82) is 0 Å². The molecular formula is C16H13ClN6O2. The highest BCUT2D eigenvalue weighted by Gasteiger charge is 2.16. The zero-order valence-electron chi connectivity index (χ0n) is 13.1. The minimum atomic E-state index is -0.520. The number of nitrogens with zero attached hydrogens (tertiary/aromatic N) is 5. The van der Waals surface area contributed by atoms with Crippen LogP contribution < -0.4 is 5.32 Å². The Bertz CT molecular complexity index is 938. The summed E-state index contributed by atoms with van der Waals surface area (Å²) >= 11 is 6.04.